The first kappa shape index (κ1) is 14.9. The molecular formula is C13H6BrClF3NO. The lowest BCUT2D eigenvalue weighted by atomic mass is 10.2. The molecule has 0 bridgehead atoms. The minimum absolute atomic E-state index is 0.0981. The Morgan fingerprint density at radius 1 is 1.05 bits per heavy atom. The van der Waals surface area contributed by atoms with Crippen molar-refractivity contribution < 1.29 is 18.0 Å². The molecule has 0 saturated carbocycles. The standard InChI is InChI=1S/C13H6BrClF3NO/c14-6-1-2-12(11(18)3-6)19-13(20)7-4-9(16)10(17)5-8(7)15/h1-5H,(H,19,20). The van der Waals surface area contributed by atoms with E-state index in [9.17, 15) is 18.0 Å². The number of amides is 1. The maximum atomic E-state index is 13.6. The van der Waals surface area contributed by atoms with Crippen molar-refractivity contribution >= 4 is 39.1 Å². The smallest absolute Gasteiger partial charge is 0.257 e. The summed E-state index contributed by atoms with van der Waals surface area (Å²) < 4.78 is 40.1. The maximum Gasteiger partial charge on any atom is 0.257 e. The number of benzene rings is 2. The Morgan fingerprint density at radius 3 is 2.35 bits per heavy atom. The zero-order valence-electron chi connectivity index (χ0n) is 9.68. The van der Waals surface area contributed by atoms with E-state index in [0.717, 1.165) is 6.07 Å². The zero-order chi connectivity index (χ0) is 14.9. The number of hydrogen-bond acceptors (Lipinski definition) is 1. The highest BCUT2D eigenvalue weighted by Gasteiger charge is 2.16. The van der Waals surface area contributed by atoms with Gasteiger partial charge in [-0.1, -0.05) is 27.5 Å². The molecule has 0 aliphatic heterocycles. The van der Waals surface area contributed by atoms with Crippen LogP contribution in [0.4, 0.5) is 18.9 Å². The van der Waals surface area contributed by atoms with E-state index in [1.807, 2.05) is 0 Å². The first-order chi connectivity index (χ1) is 9.38. The fourth-order valence-corrected chi connectivity index (χ4v) is 2.05. The Balaban J connectivity index is 2.31. The topological polar surface area (TPSA) is 29.1 Å². The molecule has 20 heavy (non-hydrogen) atoms. The molecule has 2 nitrogen and oxygen atoms in total. The van der Waals surface area contributed by atoms with E-state index in [-0.39, 0.29) is 16.3 Å². The van der Waals surface area contributed by atoms with Gasteiger partial charge in [-0.3, -0.25) is 4.79 Å². The summed E-state index contributed by atoms with van der Waals surface area (Å²) in [6, 6.07) is 5.34. The van der Waals surface area contributed by atoms with Gasteiger partial charge in [-0.2, -0.15) is 0 Å². The Morgan fingerprint density at radius 2 is 1.70 bits per heavy atom. The van der Waals surface area contributed by atoms with Crippen LogP contribution in [0.25, 0.3) is 0 Å². The van der Waals surface area contributed by atoms with Gasteiger partial charge in [-0.05, 0) is 30.3 Å². The summed E-state index contributed by atoms with van der Waals surface area (Å²) >= 11 is 8.73. The van der Waals surface area contributed by atoms with E-state index in [2.05, 4.69) is 21.2 Å². The molecule has 0 radical (unpaired) electrons. The number of anilines is 1. The molecule has 0 aliphatic rings. The molecule has 0 aromatic heterocycles. The molecule has 2 aromatic rings. The molecule has 0 atom stereocenters. The molecule has 0 fully saturated rings. The summed E-state index contributed by atoms with van der Waals surface area (Å²) in [5.41, 5.74) is -0.383. The van der Waals surface area contributed by atoms with Gasteiger partial charge in [0.25, 0.3) is 5.91 Å². The van der Waals surface area contributed by atoms with Gasteiger partial charge in [-0.25, -0.2) is 13.2 Å². The second-order valence-electron chi connectivity index (χ2n) is 3.82. The maximum absolute atomic E-state index is 13.6. The normalized spacial score (nSPS) is 10.4. The Bertz CT molecular complexity index is 694. The van der Waals surface area contributed by atoms with Crippen LogP contribution in [0.3, 0.4) is 0 Å². The van der Waals surface area contributed by atoms with E-state index < -0.39 is 23.4 Å². The summed E-state index contributed by atoms with van der Waals surface area (Å²) in [4.78, 5) is 11.9. The Labute approximate surface area is 125 Å². The van der Waals surface area contributed by atoms with Crippen LogP contribution in [-0.2, 0) is 0 Å². The van der Waals surface area contributed by atoms with Gasteiger partial charge in [0.2, 0.25) is 0 Å². The van der Waals surface area contributed by atoms with Crippen LogP contribution in [0.15, 0.2) is 34.8 Å². The molecule has 7 heteroatoms. The highest BCUT2D eigenvalue weighted by atomic mass is 79.9. The van der Waals surface area contributed by atoms with Crippen LogP contribution in [0.1, 0.15) is 10.4 Å². The summed E-state index contributed by atoms with van der Waals surface area (Å²) in [7, 11) is 0. The number of carbonyl (C=O) groups excluding carboxylic acids is 1. The van der Waals surface area contributed by atoms with Crippen molar-refractivity contribution in [2.75, 3.05) is 5.32 Å². The average Bonchev–Trinajstić information content (AvgIpc) is 2.37. The highest BCUT2D eigenvalue weighted by Crippen LogP contribution is 2.23. The second-order valence-corrected chi connectivity index (χ2v) is 5.15. The summed E-state index contributed by atoms with van der Waals surface area (Å²) in [5.74, 6) is -3.89. The van der Waals surface area contributed by atoms with E-state index in [1.54, 1.807) is 0 Å². The third-order valence-corrected chi connectivity index (χ3v) is 3.24. The Hall–Kier alpha value is -1.53. The largest absolute Gasteiger partial charge is 0.319 e. The Kier molecular flexibility index (Phi) is 4.35. The number of hydrogen-bond donors (Lipinski definition) is 1. The van der Waals surface area contributed by atoms with Gasteiger partial charge in [0.05, 0.1) is 16.3 Å². The van der Waals surface area contributed by atoms with E-state index >= 15 is 0 Å². The first-order valence-electron chi connectivity index (χ1n) is 5.29. The van der Waals surface area contributed by atoms with Gasteiger partial charge in [0.15, 0.2) is 11.6 Å². The van der Waals surface area contributed by atoms with Gasteiger partial charge in [0.1, 0.15) is 5.82 Å². The van der Waals surface area contributed by atoms with E-state index in [4.69, 9.17) is 11.6 Å². The van der Waals surface area contributed by atoms with Crippen molar-refractivity contribution in [3.8, 4) is 0 Å². The van der Waals surface area contributed by atoms with Crippen LogP contribution in [0, 0.1) is 17.5 Å². The molecule has 0 heterocycles. The van der Waals surface area contributed by atoms with Gasteiger partial charge < -0.3 is 5.32 Å². The number of rotatable bonds is 2. The molecule has 104 valence electrons. The van der Waals surface area contributed by atoms with Crippen molar-refractivity contribution in [2.45, 2.75) is 0 Å². The quantitative estimate of drug-likeness (QED) is 0.764. The third-order valence-electron chi connectivity index (χ3n) is 2.43. The molecule has 2 rings (SSSR count). The van der Waals surface area contributed by atoms with Crippen molar-refractivity contribution in [1.82, 2.24) is 0 Å². The van der Waals surface area contributed by atoms with Crippen LogP contribution >= 0.6 is 27.5 Å². The minimum Gasteiger partial charge on any atom is -0.319 e. The van der Waals surface area contributed by atoms with Crippen molar-refractivity contribution in [2.24, 2.45) is 0 Å². The number of carbonyl (C=O) groups is 1. The molecule has 1 amide bonds. The van der Waals surface area contributed by atoms with Crippen molar-refractivity contribution in [3.63, 3.8) is 0 Å². The van der Waals surface area contributed by atoms with Gasteiger partial charge in [0, 0.05) is 4.47 Å². The average molecular weight is 365 g/mol. The minimum atomic E-state index is -1.21. The fraction of sp³-hybridized carbons (Fsp3) is 0. The molecular weight excluding hydrogens is 358 g/mol. The number of halogens is 5. The van der Waals surface area contributed by atoms with Crippen LogP contribution in [0.5, 0.6) is 0 Å². The van der Waals surface area contributed by atoms with Gasteiger partial charge in [-0.15, -0.1) is 0 Å². The van der Waals surface area contributed by atoms with E-state index in [0.29, 0.717) is 16.6 Å². The number of nitrogens with one attached hydrogen (secondary N) is 1. The second kappa shape index (κ2) is 5.85. The molecule has 0 saturated heterocycles. The van der Waals surface area contributed by atoms with Crippen LogP contribution in [-0.4, -0.2) is 5.91 Å². The predicted octanol–water partition coefficient (Wildman–Crippen LogP) is 4.77. The molecule has 0 spiro atoms. The van der Waals surface area contributed by atoms with Crippen LogP contribution in [0.2, 0.25) is 5.02 Å². The SMILES string of the molecule is O=C(Nc1ccc(Br)cc1F)c1cc(F)c(F)cc1Cl. The lowest BCUT2D eigenvalue weighted by molar-refractivity contribution is 0.102. The van der Waals surface area contributed by atoms with Gasteiger partial charge >= 0.3 is 0 Å². The molecule has 1 N–H and O–H groups in total. The van der Waals surface area contributed by atoms with Crippen LogP contribution < -0.4 is 5.32 Å². The molecule has 0 unspecified atom stereocenters. The lowest BCUT2D eigenvalue weighted by Crippen LogP contribution is -2.14. The molecule has 0 aliphatic carbocycles. The summed E-state index contributed by atoms with van der Waals surface area (Å²) in [6.45, 7) is 0. The van der Waals surface area contributed by atoms with E-state index in [1.165, 1.54) is 12.1 Å². The summed E-state index contributed by atoms with van der Waals surface area (Å²) in [6.07, 6.45) is 0. The first-order valence-corrected chi connectivity index (χ1v) is 6.46. The fourth-order valence-electron chi connectivity index (χ4n) is 1.48. The van der Waals surface area contributed by atoms with Crippen molar-refractivity contribution in [1.29, 1.82) is 0 Å². The monoisotopic (exact) mass is 363 g/mol. The predicted molar refractivity (Wildman–Crippen MR) is 73.4 cm³/mol. The zero-order valence-corrected chi connectivity index (χ0v) is 12.0. The van der Waals surface area contributed by atoms with Crippen molar-refractivity contribution in [3.05, 3.63) is 62.8 Å². The lowest BCUT2D eigenvalue weighted by Gasteiger charge is -2.08. The molecule has 2 aromatic carbocycles. The summed E-state index contributed by atoms with van der Waals surface area (Å²) in [5, 5.41) is 1.97. The third kappa shape index (κ3) is 3.13. The highest BCUT2D eigenvalue weighted by molar-refractivity contribution is 9.10.